The third-order valence-electron chi connectivity index (χ3n) is 3.95. The number of hydrogen-bond acceptors (Lipinski definition) is 6. The molecule has 0 spiro atoms. The number of benzene rings is 2. The summed E-state index contributed by atoms with van der Waals surface area (Å²) >= 11 is 0. The van der Waals surface area contributed by atoms with Crippen LogP contribution in [0, 0.1) is 17.0 Å². The average Bonchev–Trinajstić information content (AvgIpc) is 3.11. The molecule has 8 nitrogen and oxygen atoms in total. The van der Waals surface area contributed by atoms with Crippen LogP contribution in [0.2, 0.25) is 0 Å². The maximum absolute atomic E-state index is 12.3. The molecule has 138 valence electrons. The summed E-state index contributed by atoms with van der Waals surface area (Å²) in [7, 11) is 1.58. The summed E-state index contributed by atoms with van der Waals surface area (Å²) in [4.78, 5) is 22.6. The number of carbonyl (C=O) groups excluding carboxylic acids is 1. The van der Waals surface area contributed by atoms with Crippen LogP contribution in [-0.4, -0.2) is 23.1 Å². The van der Waals surface area contributed by atoms with E-state index in [0.717, 1.165) is 5.56 Å². The van der Waals surface area contributed by atoms with Crippen molar-refractivity contribution in [1.82, 2.24) is 5.16 Å². The highest BCUT2D eigenvalue weighted by Crippen LogP contribution is 2.25. The highest BCUT2D eigenvalue weighted by atomic mass is 16.6. The molecule has 0 saturated carbocycles. The summed E-state index contributed by atoms with van der Waals surface area (Å²) in [6.45, 7) is 1.69. The van der Waals surface area contributed by atoms with Gasteiger partial charge in [-0.3, -0.25) is 14.9 Å². The lowest BCUT2D eigenvalue weighted by Gasteiger charge is -2.07. The normalized spacial score (nSPS) is 10.4. The van der Waals surface area contributed by atoms with Crippen LogP contribution >= 0.6 is 0 Å². The van der Waals surface area contributed by atoms with E-state index >= 15 is 0 Å². The zero-order chi connectivity index (χ0) is 19.4. The van der Waals surface area contributed by atoms with Gasteiger partial charge in [0.05, 0.1) is 24.1 Å². The van der Waals surface area contributed by atoms with Crippen molar-refractivity contribution in [1.29, 1.82) is 0 Å². The molecule has 0 atom stereocenters. The highest BCUT2D eigenvalue weighted by Gasteiger charge is 2.14. The van der Waals surface area contributed by atoms with Crippen molar-refractivity contribution in [3.8, 4) is 17.1 Å². The lowest BCUT2D eigenvalue weighted by atomic mass is 10.1. The average molecular weight is 367 g/mol. The first-order valence-electron chi connectivity index (χ1n) is 8.11. The fraction of sp³-hybridized carbons (Fsp3) is 0.158. The Morgan fingerprint density at radius 2 is 2.07 bits per heavy atom. The SMILES string of the molecule is COc1cccc(-c2cc(CC(=O)Nc3ccc([N+](=O)[O-])cc3C)no2)c1. The van der Waals surface area contributed by atoms with Gasteiger partial charge in [0.25, 0.3) is 5.69 Å². The van der Waals surface area contributed by atoms with Crippen LogP contribution in [0.3, 0.4) is 0 Å². The predicted octanol–water partition coefficient (Wildman–Crippen LogP) is 3.75. The fourth-order valence-corrected chi connectivity index (χ4v) is 2.57. The molecule has 0 aliphatic carbocycles. The van der Waals surface area contributed by atoms with Gasteiger partial charge in [0.1, 0.15) is 5.75 Å². The van der Waals surface area contributed by atoms with Crippen LogP contribution in [0.15, 0.2) is 53.1 Å². The Balaban J connectivity index is 1.68. The molecule has 0 unspecified atom stereocenters. The summed E-state index contributed by atoms with van der Waals surface area (Å²) in [5.41, 5.74) is 2.37. The van der Waals surface area contributed by atoms with E-state index in [1.54, 1.807) is 20.1 Å². The largest absolute Gasteiger partial charge is 0.497 e. The number of aromatic nitrogens is 1. The third-order valence-corrected chi connectivity index (χ3v) is 3.95. The van der Waals surface area contributed by atoms with E-state index in [1.165, 1.54) is 18.2 Å². The van der Waals surface area contributed by atoms with Gasteiger partial charge in [-0.15, -0.1) is 0 Å². The van der Waals surface area contributed by atoms with Gasteiger partial charge >= 0.3 is 0 Å². The standard InChI is InChI=1S/C19H17N3O5/c1-12-8-15(22(24)25)6-7-17(12)20-19(23)11-14-10-18(27-21-14)13-4-3-5-16(9-13)26-2/h3-10H,11H2,1-2H3,(H,20,23). The Bertz CT molecular complexity index is 997. The lowest BCUT2D eigenvalue weighted by Crippen LogP contribution is -2.15. The zero-order valence-electron chi connectivity index (χ0n) is 14.8. The van der Waals surface area contributed by atoms with Crippen molar-refractivity contribution in [3.05, 3.63) is 69.9 Å². The molecular formula is C19H17N3O5. The van der Waals surface area contributed by atoms with Gasteiger partial charge < -0.3 is 14.6 Å². The summed E-state index contributed by atoms with van der Waals surface area (Å²) in [6, 6.07) is 13.3. The number of rotatable bonds is 6. The number of nitro groups is 1. The first-order chi connectivity index (χ1) is 13.0. The van der Waals surface area contributed by atoms with E-state index in [2.05, 4.69) is 10.5 Å². The van der Waals surface area contributed by atoms with Crippen molar-refractivity contribution in [3.63, 3.8) is 0 Å². The molecule has 3 aromatic rings. The number of anilines is 1. The number of methoxy groups -OCH3 is 1. The molecule has 1 amide bonds. The lowest BCUT2D eigenvalue weighted by molar-refractivity contribution is -0.384. The van der Waals surface area contributed by atoms with Crippen molar-refractivity contribution in [2.24, 2.45) is 0 Å². The van der Waals surface area contributed by atoms with E-state index in [1.807, 2.05) is 24.3 Å². The quantitative estimate of drug-likeness (QED) is 0.525. The van der Waals surface area contributed by atoms with Gasteiger partial charge in [0.15, 0.2) is 5.76 Å². The van der Waals surface area contributed by atoms with Crippen LogP contribution in [0.1, 0.15) is 11.3 Å². The number of nitro benzene ring substituents is 1. The fourth-order valence-electron chi connectivity index (χ4n) is 2.57. The molecule has 0 aliphatic rings. The van der Waals surface area contributed by atoms with Crippen molar-refractivity contribution in [2.75, 3.05) is 12.4 Å². The Morgan fingerprint density at radius 3 is 2.78 bits per heavy atom. The number of non-ortho nitro benzene ring substituents is 1. The number of ether oxygens (including phenoxy) is 1. The minimum atomic E-state index is -0.478. The Hall–Kier alpha value is -3.68. The molecule has 1 aromatic heterocycles. The van der Waals surface area contributed by atoms with Crippen molar-refractivity contribution < 1.29 is 19.0 Å². The molecule has 2 aromatic carbocycles. The minimum absolute atomic E-state index is 0.0178. The number of aryl methyl sites for hydroxylation is 1. The number of nitrogens with zero attached hydrogens (tertiary/aromatic N) is 2. The second-order valence-electron chi connectivity index (χ2n) is 5.90. The topological polar surface area (TPSA) is 108 Å². The maximum atomic E-state index is 12.3. The van der Waals surface area contributed by atoms with E-state index in [4.69, 9.17) is 9.26 Å². The smallest absolute Gasteiger partial charge is 0.269 e. The van der Waals surface area contributed by atoms with Gasteiger partial charge in [0, 0.05) is 29.4 Å². The number of amides is 1. The van der Waals surface area contributed by atoms with Crippen LogP contribution in [-0.2, 0) is 11.2 Å². The van der Waals surface area contributed by atoms with Crippen molar-refractivity contribution >= 4 is 17.3 Å². The summed E-state index contributed by atoms with van der Waals surface area (Å²) in [5.74, 6) is 0.928. The highest BCUT2D eigenvalue weighted by molar-refractivity contribution is 5.93. The summed E-state index contributed by atoms with van der Waals surface area (Å²) in [5, 5.41) is 17.4. The van der Waals surface area contributed by atoms with Crippen LogP contribution in [0.5, 0.6) is 5.75 Å². The van der Waals surface area contributed by atoms with Gasteiger partial charge in [-0.1, -0.05) is 17.3 Å². The third kappa shape index (κ3) is 4.30. The maximum Gasteiger partial charge on any atom is 0.269 e. The molecule has 0 radical (unpaired) electrons. The second-order valence-corrected chi connectivity index (χ2v) is 5.90. The number of hydrogen-bond donors (Lipinski definition) is 1. The summed E-state index contributed by atoms with van der Waals surface area (Å²) in [6.07, 6.45) is 0.0178. The molecule has 1 N–H and O–H groups in total. The van der Waals surface area contributed by atoms with E-state index < -0.39 is 4.92 Å². The predicted molar refractivity (Wildman–Crippen MR) is 98.7 cm³/mol. The van der Waals surface area contributed by atoms with Crippen LogP contribution in [0.25, 0.3) is 11.3 Å². The molecule has 3 rings (SSSR count). The first kappa shape index (κ1) is 18.1. The van der Waals surface area contributed by atoms with Gasteiger partial charge in [-0.2, -0.15) is 0 Å². The molecule has 0 aliphatic heterocycles. The zero-order valence-corrected chi connectivity index (χ0v) is 14.8. The van der Waals surface area contributed by atoms with E-state index in [0.29, 0.717) is 28.5 Å². The van der Waals surface area contributed by atoms with Crippen LogP contribution in [0.4, 0.5) is 11.4 Å². The number of carbonyl (C=O) groups is 1. The van der Waals surface area contributed by atoms with E-state index in [-0.39, 0.29) is 18.0 Å². The first-order valence-corrected chi connectivity index (χ1v) is 8.11. The summed E-state index contributed by atoms with van der Waals surface area (Å²) < 4.78 is 10.5. The monoisotopic (exact) mass is 367 g/mol. The van der Waals surface area contributed by atoms with Gasteiger partial charge in [-0.05, 0) is 30.7 Å². The Morgan fingerprint density at radius 1 is 1.26 bits per heavy atom. The molecule has 0 bridgehead atoms. The molecule has 0 fully saturated rings. The minimum Gasteiger partial charge on any atom is -0.497 e. The Kier molecular flexibility index (Phi) is 5.16. The number of nitrogens with one attached hydrogen (secondary N) is 1. The van der Waals surface area contributed by atoms with Crippen LogP contribution < -0.4 is 10.1 Å². The molecular weight excluding hydrogens is 350 g/mol. The molecule has 0 saturated heterocycles. The van der Waals surface area contributed by atoms with Crippen molar-refractivity contribution in [2.45, 2.75) is 13.3 Å². The van der Waals surface area contributed by atoms with Gasteiger partial charge in [-0.25, -0.2) is 0 Å². The molecule has 8 heteroatoms. The Labute approximate surface area is 154 Å². The second kappa shape index (κ2) is 7.69. The molecule has 1 heterocycles. The van der Waals surface area contributed by atoms with E-state index in [9.17, 15) is 14.9 Å². The van der Waals surface area contributed by atoms with Gasteiger partial charge in [0.2, 0.25) is 5.91 Å². The molecule has 27 heavy (non-hydrogen) atoms.